The number of nitrogens with zero attached hydrogens (tertiary/aromatic N) is 1. The van der Waals surface area contributed by atoms with E-state index in [-0.39, 0.29) is 19.1 Å². The maximum absolute atomic E-state index is 13.0. The van der Waals surface area contributed by atoms with Gasteiger partial charge in [0, 0.05) is 6.42 Å². The molecule has 0 aromatic carbocycles. The number of carbonyl (C=O) groups is 1. The van der Waals surface area contributed by atoms with Crippen molar-refractivity contribution in [1.82, 2.24) is 5.32 Å². The van der Waals surface area contributed by atoms with Crippen LogP contribution in [0.2, 0.25) is 0 Å². The fraction of sp³-hybridized carbons (Fsp3) is 0.917. The summed E-state index contributed by atoms with van der Waals surface area (Å²) in [4.78, 5) is 23.3. The molecule has 0 saturated heterocycles. The van der Waals surface area contributed by atoms with E-state index in [1.165, 1.54) is 231 Å². The topological polar surface area (TPSA) is 105 Å². The average molecular weight is 997 g/mol. The van der Waals surface area contributed by atoms with Crippen molar-refractivity contribution in [2.75, 3.05) is 40.9 Å². The van der Waals surface area contributed by atoms with Crippen LogP contribution >= 0.6 is 7.82 Å². The van der Waals surface area contributed by atoms with Crippen LogP contribution in [0.1, 0.15) is 303 Å². The summed E-state index contributed by atoms with van der Waals surface area (Å²) in [5.74, 6) is -0.182. The minimum absolute atomic E-state index is 0.0615. The summed E-state index contributed by atoms with van der Waals surface area (Å²) in [6.45, 7) is 4.84. The molecule has 0 bridgehead atoms. The number of unbranched alkanes of at least 4 members (excludes halogenated alkanes) is 41. The largest absolute Gasteiger partial charge is 0.472 e. The Morgan fingerprint density at radius 3 is 1.12 bits per heavy atom. The van der Waals surface area contributed by atoms with Gasteiger partial charge in [-0.15, -0.1) is 0 Å². The smallest absolute Gasteiger partial charge is 0.387 e. The second-order valence-corrected chi connectivity index (χ2v) is 23.5. The fourth-order valence-electron chi connectivity index (χ4n) is 9.16. The molecular weight excluding hydrogens is 876 g/mol. The molecule has 0 aliphatic heterocycles. The highest BCUT2D eigenvalue weighted by Crippen LogP contribution is 2.43. The van der Waals surface area contributed by atoms with Crippen LogP contribution in [-0.4, -0.2) is 73.4 Å². The Balaban J connectivity index is 4.08. The number of carbonyl (C=O) groups excluding carboxylic acids is 1. The number of phosphoric acid groups is 1. The highest BCUT2D eigenvalue weighted by atomic mass is 31.2. The van der Waals surface area contributed by atoms with Crippen LogP contribution in [0.25, 0.3) is 0 Å². The van der Waals surface area contributed by atoms with Crippen molar-refractivity contribution >= 4 is 13.7 Å². The quantitative estimate of drug-likeness (QED) is 0.0243. The number of amides is 1. The average Bonchev–Trinajstić information content (AvgIpc) is 3.31. The van der Waals surface area contributed by atoms with E-state index < -0.39 is 20.0 Å². The van der Waals surface area contributed by atoms with Gasteiger partial charge in [-0.1, -0.05) is 276 Å². The molecule has 0 fully saturated rings. The number of rotatable bonds is 56. The molecule has 0 heterocycles. The Morgan fingerprint density at radius 1 is 0.478 bits per heavy atom. The molecule has 9 heteroatoms. The maximum atomic E-state index is 13.0. The van der Waals surface area contributed by atoms with Crippen molar-refractivity contribution in [2.24, 2.45) is 0 Å². The van der Waals surface area contributed by atoms with Crippen LogP contribution in [0.15, 0.2) is 24.3 Å². The molecule has 0 aromatic rings. The van der Waals surface area contributed by atoms with Gasteiger partial charge in [-0.05, 0) is 44.9 Å². The summed E-state index contributed by atoms with van der Waals surface area (Å²) in [7, 11) is 1.58. The third kappa shape index (κ3) is 54.6. The lowest BCUT2D eigenvalue weighted by molar-refractivity contribution is -0.870. The van der Waals surface area contributed by atoms with Gasteiger partial charge in [0.1, 0.15) is 13.2 Å². The number of hydrogen-bond acceptors (Lipinski definition) is 5. The van der Waals surface area contributed by atoms with E-state index in [4.69, 9.17) is 9.05 Å². The van der Waals surface area contributed by atoms with E-state index in [0.29, 0.717) is 17.4 Å². The standard InChI is InChI=1S/C60H119N2O6P/c1-6-8-10-12-14-16-18-20-22-24-25-26-27-28-29-30-31-32-33-34-35-36-37-38-39-41-43-45-47-49-51-53-59(63)58(57-68-69(65,66)67-56-55-62(3,4)5)61-60(64)54-52-50-48-46-44-42-40-23-21-19-17-15-13-11-9-7-2/h23,40,51,53,58-59,63H,6-22,24-39,41-50,52,54-57H2,1-5H3,(H-,61,64,65,66)/p+1/b40-23-,53-51+. The third-order valence-electron chi connectivity index (χ3n) is 13.9. The van der Waals surface area contributed by atoms with Crippen molar-refractivity contribution < 1.29 is 32.9 Å². The van der Waals surface area contributed by atoms with E-state index >= 15 is 0 Å². The molecule has 0 radical (unpaired) electrons. The number of quaternary nitrogens is 1. The lowest BCUT2D eigenvalue weighted by Crippen LogP contribution is -2.45. The molecule has 3 unspecified atom stereocenters. The molecule has 1 amide bonds. The molecule has 8 nitrogen and oxygen atoms in total. The van der Waals surface area contributed by atoms with Crippen molar-refractivity contribution in [3.63, 3.8) is 0 Å². The summed E-state index contributed by atoms with van der Waals surface area (Å²) in [6.07, 6.45) is 65.8. The molecule has 0 saturated carbocycles. The fourth-order valence-corrected chi connectivity index (χ4v) is 9.89. The van der Waals surface area contributed by atoms with Crippen LogP contribution in [0.5, 0.6) is 0 Å². The highest BCUT2D eigenvalue weighted by Gasteiger charge is 2.27. The van der Waals surface area contributed by atoms with Gasteiger partial charge in [-0.3, -0.25) is 13.8 Å². The summed E-state index contributed by atoms with van der Waals surface area (Å²) in [6, 6.07) is -0.849. The van der Waals surface area contributed by atoms with Gasteiger partial charge >= 0.3 is 7.82 Å². The first kappa shape index (κ1) is 68.0. The number of aliphatic hydroxyl groups excluding tert-OH is 1. The first-order valence-electron chi connectivity index (χ1n) is 30.2. The highest BCUT2D eigenvalue weighted by molar-refractivity contribution is 7.47. The normalized spacial score (nSPS) is 14.0. The monoisotopic (exact) mass is 996 g/mol. The number of nitrogens with one attached hydrogen (secondary N) is 1. The lowest BCUT2D eigenvalue weighted by Gasteiger charge is -2.25. The predicted octanol–water partition coefficient (Wildman–Crippen LogP) is 18.4. The van der Waals surface area contributed by atoms with Gasteiger partial charge in [0.05, 0.1) is 39.9 Å². The first-order valence-corrected chi connectivity index (χ1v) is 31.7. The minimum atomic E-state index is -4.35. The molecule has 0 aliphatic carbocycles. The SMILES string of the molecule is CCCCCCCCC/C=C\CCCCCCCC(=O)NC(COP(=O)(O)OCC[N+](C)(C)C)C(O)/C=C/CCCCCCCCCCCCCCCCCCCCCCCCCCCCCCC. The molecule has 0 aliphatic rings. The molecule has 0 aromatic heterocycles. The molecular formula is C60H120N2O6P+. The van der Waals surface area contributed by atoms with Crippen LogP contribution in [0.4, 0.5) is 0 Å². The minimum Gasteiger partial charge on any atom is -0.387 e. The number of hydrogen-bond donors (Lipinski definition) is 3. The summed E-state index contributed by atoms with van der Waals surface area (Å²) >= 11 is 0. The van der Waals surface area contributed by atoms with Crippen LogP contribution < -0.4 is 5.32 Å². The summed E-state index contributed by atoms with van der Waals surface area (Å²) < 4.78 is 23.7. The van der Waals surface area contributed by atoms with Crippen molar-refractivity contribution in [3.8, 4) is 0 Å². The maximum Gasteiger partial charge on any atom is 0.472 e. The molecule has 69 heavy (non-hydrogen) atoms. The van der Waals surface area contributed by atoms with Crippen molar-refractivity contribution in [2.45, 2.75) is 315 Å². The zero-order valence-corrected chi connectivity index (χ0v) is 47.7. The zero-order chi connectivity index (χ0) is 50.6. The predicted molar refractivity (Wildman–Crippen MR) is 300 cm³/mol. The van der Waals surface area contributed by atoms with Crippen LogP contribution in [-0.2, 0) is 18.4 Å². The van der Waals surface area contributed by atoms with Crippen LogP contribution in [0, 0.1) is 0 Å². The van der Waals surface area contributed by atoms with Crippen molar-refractivity contribution in [3.05, 3.63) is 24.3 Å². The Bertz CT molecular complexity index is 1170. The number of likely N-dealkylation sites (N-methyl/N-ethyl adjacent to an activating group) is 1. The van der Waals surface area contributed by atoms with E-state index in [1.807, 2.05) is 27.2 Å². The van der Waals surface area contributed by atoms with Crippen molar-refractivity contribution in [1.29, 1.82) is 0 Å². The number of phosphoric ester groups is 1. The van der Waals surface area contributed by atoms with Gasteiger partial charge < -0.3 is 19.8 Å². The Hall–Kier alpha value is -1.02. The third-order valence-corrected chi connectivity index (χ3v) is 14.9. The van der Waals surface area contributed by atoms with E-state index in [9.17, 15) is 19.4 Å². The van der Waals surface area contributed by atoms with Gasteiger partial charge in [0.25, 0.3) is 0 Å². The van der Waals surface area contributed by atoms with Gasteiger partial charge in [0.2, 0.25) is 5.91 Å². The zero-order valence-electron chi connectivity index (χ0n) is 46.8. The Morgan fingerprint density at radius 2 is 0.783 bits per heavy atom. The second-order valence-electron chi connectivity index (χ2n) is 22.1. The molecule has 410 valence electrons. The van der Waals surface area contributed by atoms with E-state index in [1.54, 1.807) is 6.08 Å². The summed E-state index contributed by atoms with van der Waals surface area (Å²) in [5.41, 5.74) is 0. The van der Waals surface area contributed by atoms with Crippen LogP contribution in [0.3, 0.4) is 0 Å². The Labute approximate surface area is 430 Å². The second kappa shape index (κ2) is 51.9. The van der Waals surface area contributed by atoms with Gasteiger partial charge in [-0.2, -0.15) is 0 Å². The first-order chi connectivity index (χ1) is 33.5. The molecule has 3 atom stereocenters. The lowest BCUT2D eigenvalue weighted by atomic mass is 10.0. The van der Waals surface area contributed by atoms with Gasteiger partial charge in [0.15, 0.2) is 0 Å². The van der Waals surface area contributed by atoms with Gasteiger partial charge in [-0.25, -0.2) is 4.57 Å². The molecule has 0 rings (SSSR count). The Kier molecular flexibility index (Phi) is 51.1. The number of aliphatic hydroxyl groups is 1. The number of allylic oxidation sites excluding steroid dienone is 3. The molecule has 0 spiro atoms. The van der Waals surface area contributed by atoms with E-state index in [2.05, 4.69) is 31.3 Å². The molecule has 3 N–H and O–H groups in total. The summed E-state index contributed by atoms with van der Waals surface area (Å²) in [5, 5.41) is 13.9. The van der Waals surface area contributed by atoms with E-state index in [0.717, 1.165) is 51.4 Å².